The summed E-state index contributed by atoms with van der Waals surface area (Å²) in [6.45, 7) is 7.12. The first-order valence-corrected chi connectivity index (χ1v) is 6.85. The number of hydrogen-bond acceptors (Lipinski definition) is 1. The molecule has 0 saturated heterocycles. The second kappa shape index (κ2) is 5.56. The molecule has 1 aliphatic heterocycles. The molecule has 0 spiro atoms. The fourth-order valence-corrected chi connectivity index (χ4v) is 2.77. The highest BCUT2D eigenvalue weighted by atomic mass is 15.1. The molecule has 0 aromatic carbocycles. The number of allylic oxidation sites excluding steroid dienone is 3. The summed E-state index contributed by atoms with van der Waals surface area (Å²) in [6, 6.07) is 0. The standard InChI is InChI=1S/C15H25N/c1-13-8-9-14(2)16(12-13)11-10-15-6-4-3-5-7-15/h6,9,13H,3-5,7-8,10-12H2,1-2H3. The van der Waals surface area contributed by atoms with E-state index < -0.39 is 0 Å². The van der Waals surface area contributed by atoms with Crippen molar-refractivity contribution in [3.8, 4) is 0 Å². The van der Waals surface area contributed by atoms with Crippen LogP contribution in [-0.2, 0) is 0 Å². The van der Waals surface area contributed by atoms with E-state index in [0.717, 1.165) is 5.92 Å². The van der Waals surface area contributed by atoms with Crippen LogP contribution in [0.25, 0.3) is 0 Å². The predicted molar refractivity (Wildman–Crippen MR) is 70.3 cm³/mol. The van der Waals surface area contributed by atoms with Crippen molar-refractivity contribution in [2.75, 3.05) is 13.1 Å². The first-order valence-electron chi connectivity index (χ1n) is 6.85. The lowest BCUT2D eigenvalue weighted by molar-refractivity contribution is 0.277. The van der Waals surface area contributed by atoms with Crippen LogP contribution in [0.1, 0.15) is 52.4 Å². The third-order valence-corrected chi connectivity index (χ3v) is 3.93. The van der Waals surface area contributed by atoms with Gasteiger partial charge in [0.2, 0.25) is 0 Å². The molecule has 1 unspecified atom stereocenters. The van der Waals surface area contributed by atoms with Crippen molar-refractivity contribution in [2.45, 2.75) is 52.4 Å². The summed E-state index contributed by atoms with van der Waals surface area (Å²) in [6.07, 6.45) is 12.9. The van der Waals surface area contributed by atoms with Crippen LogP contribution < -0.4 is 0 Å². The molecule has 1 heteroatoms. The molecule has 1 nitrogen and oxygen atoms in total. The van der Waals surface area contributed by atoms with Crippen molar-refractivity contribution >= 4 is 0 Å². The molecule has 1 atom stereocenters. The molecule has 0 bridgehead atoms. The Morgan fingerprint density at radius 3 is 2.94 bits per heavy atom. The minimum atomic E-state index is 0.837. The topological polar surface area (TPSA) is 3.24 Å². The van der Waals surface area contributed by atoms with Crippen LogP contribution >= 0.6 is 0 Å². The second-order valence-electron chi connectivity index (χ2n) is 5.49. The Labute approximate surface area is 100 Å². The van der Waals surface area contributed by atoms with E-state index in [1.807, 2.05) is 0 Å². The zero-order valence-electron chi connectivity index (χ0n) is 10.8. The number of rotatable bonds is 3. The minimum absolute atomic E-state index is 0.837. The number of hydrogen-bond donors (Lipinski definition) is 0. The van der Waals surface area contributed by atoms with E-state index in [1.54, 1.807) is 5.57 Å². The van der Waals surface area contributed by atoms with Gasteiger partial charge in [-0.05, 0) is 51.4 Å². The van der Waals surface area contributed by atoms with E-state index in [9.17, 15) is 0 Å². The summed E-state index contributed by atoms with van der Waals surface area (Å²) < 4.78 is 0. The maximum absolute atomic E-state index is 2.57. The highest BCUT2D eigenvalue weighted by molar-refractivity contribution is 5.08. The molecule has 0 saturated carbocycles. The van der Waals surface area contributed by atoms with Gasteiger partial charge in [-0.2, -0.15) is 0 Å². The summed E-state index contributed by atoms with van der Waals surface area (Å²) in [7, 11) is 0. The van der Waals surface area contributed by atoms with Crippen molar-refractivity contribution in [1.29, 1.82) is 0 Å². The average molecular weight is 219 g/mol. The maximum atomic E-state index is 2.57. The van der Waals surface area contributed by atoms with Gasteiger partial charge >= 0.3 is 0 Å². The Kier molecular flexibility index (Phi) is 4.09. The van der Waals surface area contributed by atoms with Crippen LogP contribution in [0, 0.1) is 5.92 Å². The van der Waals surface area contributed by atoms with Crippen molar-refractivity contribution < 1.29 is 0 Å². The van der Waals surface area contributed by atoms with Crippen LogP contribution in [0.2, 0.25) is 0 Å². The van der Waals surface area contributed by atoms with Gasteiger partial charge in [-0.1, -0.05) is 24.6 Å². The van der Waals surface area contributed by atoms with Gasteiger partial charge < -0.3 is 4.90 Å². The Hall–Kier alpha value is -0.720. The smallest absolute Gasteiger partial charge is 0.0212 e. The molecule has 90 valence electrons. The van der Waals surface area contributed by atoms with Crippen molar-refractivity contribution in [1.82, 2.24) is 4.90 Å². The van der Waals surface area contributed by atoms with Gasteiger partial charge in [0.1, 0.15) is 0 Å². The van der Waals surface area contributed by atoms with Crippen molar-refractivity contribution in [3.63, 3.8) is 0 Å². The van der Waals surface area contributed by atoms with Crippen LogP contribution in [0.15, 0.2) is 23.4 Å². The van der Waals surface area contributed by atoms with Crippen molar-refractivity contribution in [3.05, 3.63) is 23.4 Å². The van der Waals surface area contributed by atoms with E-state index in [2.05, 4.69) is 30.9 Å². The summed E-state index contributed by atoms with van der Waals surface area (Å²) in [5, 5.41) is 0. The lowest BCUT2D eigenvalue weighted by Gasteiger charge is -2.32. The molecule has 0 aromatic rings. The molecule has 0 aromatic heterocycles. The summed E-state index contributed by atoms with van der Waals surface area (Å²) in [5.74, 6) is 0.837. The predicted octanol–water partition coefficient (Wildman–Crippen LogP) is 4.12. The largest absolute Gasteiger partial charge is 0.375 e. The first-order chi connectivity index (χ1) is 7.75. The molecule has 2 aliphatic rings. The van der Waals surface area contributed by atoms with Gasteiger partial charge in [-0.25, -0.2) is 0 Å². The Morgan fingerprint density at radius 2 is 2.19 bits per heavy atom. The van der Waals surface area contributed by atoms with Crippen LogP contribution in [0.4, 0.5) is 0 Å². The van der Waals surface area contributed by atoms with E-state index in [-0.39, 0.29) is 0 Å². The summed E-state index contributed by atoms with van der Waals surface area (Å²) in [4.78, 5) is 2.57. The average Bonchev–Trinajstić information content (AvgIpc) is 2.32. The molecule has 0 amide bonds. The van der Waals surface area contributed by atoms with Gasteiger partial charge in [0.25, 0.3) is 0 Å². The minimum Gasteiger partial charge on any atom is -0.375 e. The lowest BCUT2D eigenvalue weighted by atomic mass is 9.96. The second-order valence-corrected chi connectivity index (χ2v) is 5.49. The lowest BCUT2D eigenvalue weighted by Crippen LogP contribution is -2.31. The third-order valence-electron chi connectivity index (χ3n) is 3.93. The fraction of sp³-hybridized carbons (Fsp3) is 0.733. The Morgan fingerprint density at radius 1 is 1.31 bits per heavy atom. The SMILES string of the molecule is CC1=CCC(C)CN1CCC1=CCCCC1. The molecule has 1 heterocycles. The van der Waals surface area contributed by atoms with Gasteiger partial charge in [0.05, 0.1) is 0 Å². The first kappa shape index (κ1) is 11.8. The van der Waals surface area contributed by atoms with E-state index in [1.165, 1.54) is 57.3 Å². The molecule has 0 N–H and O–H groups in total. The fourth-order valence-electron chi connectivity index (χ4n) is 2.77. The monoisotopic (exact) mass is 219 g/mol. The van der Waals surface area contributed by atoms with Gasteiger partial charge in [-0.3, -0.25) is 0 Å². The molecule has 16 heavy (non-hydrogen) atoms. The Bertz CT molecular complexity index is 288. The third kappa shape index (κ3) is 3.13. The molecule has 2 rings (SSSR count). The number of nitrogens with zero attached hydrogens (tertiary/aromatic N) is 1. The molecular formula is C15H25N. The van der Waals surface area contributed by atoms with Gasteiger partial charge in [0, 0.05) is 18.8 Å². The van der Waals surface area contributed by atoms with E-state index in [0.29, 0.717) is 0 Å². The highest BCUT2D eigenvalue weighted by Gasteiger charge is 2.15. The van der Waals surface area contributed by atoms with E-state index in [4.69, 9.17) is 0 Å². The van der Waals surface area contributed by atoms with Crippen LogP contribution in [0.3, 0.4) is 0 Å². The quantitative estimate of drug-likeness (QED) is 0.645. The van der Waals surface area contributed by atoms with Crippen molar-refractivity contribution in [2.24, 2.45) is 5.92 Å². The molecular weight excluding hydrogens is 194 g/mol. The van der Waals surface area contributed by atoms with E-state index >= 15 is 0 Å². The summed E-state index contributed by atoms with van der Waals surface area (Å²) in [5.41, 5.74) is 3.20. The van der Waals surface area contributed by atoms with Gasteiger partial charge in [-0.15, -0.1) is 0 Å². The van der Waals surface area contributed by atoms with Crippen LogP contribution in [0.5, 0.6) is 0 Å². The van der Waals surface area contributed by atoms with Gasteiger partial charge in [0.15, 0.2) is 0 Å². The normalized spacial score (nSPS) is 26.4. The molecule has 1 aliphatic carbocycles. The van der Waals surface area contributed by atoms with Crippen LogP contribution in [-0.4, -0.2) is 18.0 Å². The molecule has 0 radical (unpaired) electrons. The highest BCUT2D eigenvalue weighted by Crippen LogP contribution is 2.23. The molecule has 0 fully saturated rings. The Balaban J connectivity index is 1.82. The zero-order chi connectivity index (χ0) is 11.4. The summed E-state index contributed by atoms with van der Waals surface area (Å²) >= 11 is 0. The zero-order valence-corrected chi connectivity index (χ0v) is 10.8. The maximum Gasteiger partial charge on any atom is 0.0212 e.